The topological polar surface area (TPSA) is 70.0 Å². The number of rotatable bonds is 6. The molecule has 5 heteroatoms. The van der Waals surface area contributed by atoms with E-state index in [9.17, 15) is 15.0 Å². The SMILES string of the molecule is CC(C)N1CCC(C(COc2cccc(O)c2)C(=O)O)CC1. The van der Waals surface area contributed by atoms with Gasteiger partial charge in [-0.15, -0.1) is 0 Å². The van der Waals surface area contributed by atoms with Crippen LogP contribution in [0.3, 0.4) is 0 Å². The van der Waals surface area contributed by atoms with Gasteiger partial charge in [-0.1, -0.05) is 6.07 Å². The van der Waals surface area contributed by atoms with Gasteiger partial charge in [0.2, 0.25) is 0 Å². The van der Waals surface area contributed by atoms with Crippen LogP contribution in [-0.2, 0) is 4.79 Å². The molecule has 0 aliphatic carbocycles. The first-order valence-corrected chi connectivity index (χ1v) is 7.86. The fourth-order valence-corrected chi connectivity index (χ4v) is 3.01. The number of phenolic OH excluding ortho intramolecular Hbond substituents is 1. The summed E-state index contributed by atoms with van der Waals surface area (Å²) in [5.41, 5.74) is 0. The van der Waals surface area contributed by atoms with E-state index in [2.05, 4.69) is 18.7 Å². The molecule has 0 saturated carbocycles. The number of benzene rings is 1. The highest BCUT2D eigenvalue weighted by Gasteiger charge is 2.32. The number of carbonyl (C=O) groups is 1. The van der Waals surface area contributed by atoms with Crippen LogP contribution in [0.2, 0.25) is 0 Å². The molecule has 122 valence electrons. The number of carboxylic acid groups (broad SMARTS) is 1. The van der Waals surface area contributed by atoms with Gasteiger partial charge in [0.05, 0.1) is 5.92 Å². The zero-order chi connectivity index (χ0) is 16.1. The maximum Gasteiger partial charge on any atom is 0.310 e. The lowest BCUT2D eigenvalue weighted by Gasteiger charge is -2.36. The first-order chi connectivity index (χ1) is 10.5. The molecule has 1 heterocycles. The van der Waals surface area contributed by atoms with Crippen LogP contribution in [0.5, 0.6) is 11.5 Å². The minimum atomic E-state index is -0.803. The fourth-order valence-electron chi connectivity index (χ4n) is 3.01. The molecule has 1 aliphatic rings. The molecule has 0 spiro atoms. The largest absolute Gasteiger partial charge is 0.508 e. The zero-order valence-corrected chi connectivity index (χ0v) is 13.2. The summed E-state index contributed by atoms with van der Waals surface area (Å²) in [6.45, 7) is 6.36. The summed E-state index contributed by atoms with van der Waals surface area (Å²) < 4.78 is 5.58. The molecule has 0 bridgehead atoms. The van der Waals surface area contributed by atoms with Crippen molar-refractivity contribution < 1.29 is 19.7 Å². The van der Waals surface area contributed by atoms with Crippen LogP contribution in [0.25, 0.3) is 0 Å². The molecule has 22 heavy (non-hydrogen) atoms. The van der Waals surface area contributed by atoms with Crippen molar-refractivity contribution in [3.05, 3.63) is 24.3 Å². The molecule has 1 aromatic rings. The Morgan fingerprint density at radius 2 is 2.05 bits per heavy atom. The maximum absolute atomic E-state index is 11.6. The number of piperidine rings is 1. The summed E-state index contributed by atoms with van der Waals surface area (Å²) >= 11 is 0. The van der Waals surface area contributed by atoms with E-state index in [4.69, 9.17) is 4.74 Å². The van der Waals surface area contributed by atoms with Crippen molar-refractivity contribution in [2.45, 2.75) is 32.7 Å². The second-order valence-corrected chi connectivity index (χ2v) is 6.22. The van der Waals surface area contributed by atoms with E-state index < -0.39 is 11.9 Å². The Bertz CT molecular complexity index is 495. The molecule has 5 nitrogen and oxygen atoms in total. The molecule has 1 aliphatic heterocycles. The second kappa shape index (κ2) is 7.49. The average molecular weight is 307 g/mol. The first kappa shape index (κ1) is 16.6. The van der Waals surface area contributed by atoms with Crippen molar-refractivity contribution in [2.24, 2.45) is 11.8 Å². The lowest BCUT2D eigenvalue weighted by Crippen LogP contribution is -2.42. The smallest absolute Gasteiger partial charge is 0.310 e. The average Bonchev–Trinajstić information content (AvgIpc) is 2.47. The van der Waals surface area contributed by atoms with Crippen LogP contribution in [0.1, 0.15) is 26.7 Å². The third kappa shape index (κ3) is 4.37. The van der Waals surface area contributed by atoms with Gasteiger partial charge in [0.1, 0.15) is 18.1 Å². The van der Waals surface area contributed by atoms with E-state index in [0.717, 1.165) is 25.9 Å². The molecule has 1 unspecified atom stereocenters. The molecular weight excluding hydrogens is 282 g/mol. The number of ether oxygens (including phenoxy) is 1. The Balaban J connectivity index is 1.92. The molecule has 0 amide bonds. The lowest BCUT2D eigenvalue weighted by molar-refractivity contribution is -0.145. The predicted molar refractivity (Wildman–Crippen MR) is 84.2 cm³/mol. The quantitative estimate of drug-likeness (QED) is 0.845. The molecule has 1 atom stereocenters. The number of aromatic hydroxyl groups is 1. The van der Waals surface area contributed by atoms with Crippen molar-refractivity contribution in [1.29, 1.82) is 0 Å². The highest BCUT2D eigenvalue weighted by Crippen LogP contribution is 2.28. The second-order valence-electron chi connectivity index (χ2n) is 6.22. The molecular formula is C17H25NO4. The number of hydrogen-bond donors (Lipinski definition) is 2. The maximum atomic E-state index is 11.6. The standard InChI is InChI=1S/C17H25NO4/c1-12(2)18-8-6-13(7-9-18)16(17(20)21)11-22-15-5-3-4-14(19)10-15/h3-5,10,12-13,16,19H,6-9,11H2,1-2H3,(H,20,21). The monoisotopic (exact) mass is 307 g/mol. The van der Waals surface area contributed by atoms with Gasteiger partial charge in [-0.3, -0.25) is 4.79 Å². The Kier molecular flexibility index (Phi) is 5.66. The van der Waals surface area contributed by atoms with Crippen LogP contribution in [0, 0.1) is 11.8 Å². The number of phenols is 1. The van der Waals surface area contributed by atoms with Crippen molar-refractivity contribution in [3.8, 4) is 11.5 Å². The van der Waals surface area contributed by atoms with Crippen LogP contribution >= 0.6 is 0 Å². The third-order valence-corrected chi connectivity index (χ3v) is 4.44. The highest BCUT2D eigenvalue weighted by molar-refractivity contribution is 5.70. The van der Waals surface area contributed by atoms with E-state index in [1.165, 1.54) is 6.07 Å². The highest BCUT2D eigenvalue weighted by atomic mass is 16.5. The van der Waals surface area contributed by atoms with Gasteiger partial charge in [-0.25, -0.2) is 0 Å². The van der Waals surface area contributed by atoms with E-state index in [1.807, 2.05) is 0 Å². The number of nitrogens with zero attached hydrogens (tertiary/aromatic N) is 1. The Morgan fingerprint density at radius 1 is 1.36 bits per heavy atom. The van der Waals surface area contributed by atoms with Gasteiger partial charge in [0, 0.05) is 12.1 Å². The van der Waals surface area contributed by atoms with E-state index >= 15 is 0 Å². The molecule has 2 rings (SSSR count). The third-order valence-electron chi connectivity index (χ3n) is 4.44. The molecule has 1 fully saturated rings. The number of hydrogen-bond acceptors (Lipinski definition) is 4. The van der Waals surface area contributed by atoms with Gasteiger partial charge in [-0.2, -0.15) is 0 Å². The Morgan fingerprint density at radius 3 is 2.59 bits per heavy atom. The first-order valence-electron chi connectivity index (χ1n) is 7.86. The van der Waals surface area contributed by atoms with Crippen molar-refractivity contribution >= 4 is 5.97 Å². The van der Waals surface area contributed by atoms with Gasteiger partial charge >= 0.3 is 5.97 Å². The van der Waals surface area contributed by atoms with Gasteiger partial charge in [-0.05, 0) is 57.8 Å². The summed E-state index contributed by atoms with van der Waals surface area (Å²) in [5.74, 6) is -0.537. The number of carboxylic acids is 1. The number of aliphatic carboxylic acids is 1. The van der Waals surface area contributed by atoms with Gasteiger partial charge in [0.25, 0.3) is 0 Å². The van der Waals surface area contributed by atoms with Gasteiger partial charge < -0.3 is 19.8 Å². The van der Waals surface area contributed by atoms with Crippen molar-refractivity contribution in [3.63, 3.8) is 0 Å². The summed E-state index contributed by atoms with van der Waals surface area (Å²) in [7, 11) is 0. The molecule has 0 radical (unpaired) electrons. The summed E-state index contributed by atoms with van der Waals surface area (Å²) in [4.78, 5) is 13.9. The summed E-state index contributed by atoms with van der Waals surface area (Å²) in [6.07, 6.45) is 1.77. The fraction of sp³-hybridized carbons (Fsp3) is 0.588. The van der Waals surface area contributed by atoms with Crippen LogP contribution in [0.15, 0.2) is 24.3 Å². The molecule has 1 aromatic carbocycles. The van der Waals surface area contributed by atoms with E-state index in [-0.39, 0.29) is 18.3 Å². The molecule has 0 aromatic heterocycles. The lowest BCUT2D eigenvalue weighted by atomic mass is 9.84. The molecule has 2 N–H and O–H groups in total. The number of likely N-dealkylation sites (tertiary alicyclic amines) is 1. The summed E-state index contributed by atoms with van der Waals surface area (Å²) in [5, 5.41) is 18.9. The van der Waals surface area contributed by atoms with E-state index in [1.54, 1.807) is 18.2 Å². The minimum absolute atomic E-state index is 0.120. The van der Waals surface area contributed by atoms with Gasteiger partial charge in [0.15, 0.2) is 0 Å². The minimum Gasteiger partial charge on any atom is -0.508 e. The molecule has 1 saturated heterocycles. The van der Waals surface area contributed by atoms with Crippen molar-refractivity contribution in [2.75, 3.05) is 19.7 Å². The van der Waals surface area contributed by atoms with E-state index in [0.29, 0.717) is 11.8 Å². The Hall–Kier alpha value is -1.75. The van der Waals surface area contributed by atoms with Crippen LogP contribution in [-0.4, -0.2) is 46.8 Å². The zero-order valence-electron chi connectivity index (χ0n) is 13.2. The van der Waals surface area contributed by atoms with Crippen LogP contribution in [0.4, 0.5) is 0 Å². The summed E-state index contributed by atoms with van der Waals surface area (Å²) in [6, 6.07) is 6.97. The van der Waals surface area contributed by atoms with Crippen LogP contribution < -0.4 is 4.74 Å². The Labute approximate surface area is 131 Å². The predicted octanol–water partition coefficient (Wildman–Crippen LogP) is 2.59. The normalized spacial score (nSPS) is 18.3. The van der Waals surface area contributed by atoms with Crippen molar-refractivity contribution in [1.82, 2.24) is 4.90 Å².